The Balaban J connectivity index is 1.78. The van der Waals surface area contributed by atoms with E-state index in [-0.39, 0.29) is 5.82 Å². The van der Waals surface area contributed by atoms with Crippen LogP contribution in [-0.2, 0) is 0 Å². The quantitative estimate of drug-likeness (QED) is 0.736. The second-order valence-electron chi connectivity index (χ2n) is 6.19. The Hall–Kier alpha value is -2.69. The molecule has 0 saturated heterocycles. The predicted octanol–water partition coefficient (Wildman–Crippen LogP) is 4.63. The van der Waals surface area contributed by atoms with E-state index in [1.165, 1.54) is 37.8 Å². The Morgan fingerprint density at radius 1 is 0.958 bits per heavy atom. The van der Waals surface area contributed by atoms with Gasteiger partial charge in [0.05, 0.1) is 11.3 Å². The van der Waals surface area contributed by atoms with Crippen molar-refractivity contribution in [2.45, 2.75) is 31.7 Å². The molecule has 1 aromatic carbocycles. The van der Waals surface area contributed by atoms with Crippen molar-refractivity contribution < 1.29 is 4.39 Å². The maximum Gasteiger partial charge on any atom is 0.156 e. The van der Waals surface area contributed by atoms with Crippen LogP contribution in [0, 0.1) is 5.82 Å². The Morgan fingerprint density at radius 3 is 2.38 bits per heavy atom. The van der Waals surface area contributed by atoms with Gasteiger partial charge in [-0.25, -0.2) is 4.39 Å². The first-order valence-corrected chi connectivity index (χ1v) is 8.32. The lowest BCUT2D eigenvalue weighted by atomic mass is 10.0. The minimum absolute atomic E-state index is 0.243. The summed E-state index contributed by atoms with van der Waals surface area (Å²) >= 11 is 0. The topological polar surface area (TPSA) is 53.6 Å². The number of halogens is 1. The second-order valence-corrected chi connectivity index (χ2v) is 6.19. The average Bonchev–Trinajstić information content (AvgIpc) is 3.27. The summed E-state index contributed by atoms with van der Waals surface area (Å²) in [6.07, 6.45) is 8.42. The van der Waals surface area contributed by atoms with Gasteiger partial charge in [0.15, 0.2) is 5.82 Å². The van der Waals surface area contributed by atoms with Gasteiger partial charge in [0.25, 0.3) is 0 Å². The lowest BCUT2D eigenvalue weighted by Crippen LogP contribution is -2.15. The van der Waals surface area contributed by atoms with Gasteiger partial charge in [-0.05, 0) is 54.8 Å². The standard InChI is InChI=1S/C19H19FN4/c20-15-7-5-14(6-8-15)18-17(13-9-11-21-12-10-13)19(24-23-18)22-16-3-1-2-4-16/h5-12,16H,1-4H2,(H2,22,23,24). The van der Waals surface area contributed by atoms with Crippen LogP contribution in [0.5, 0.6) is 0 Å². The summed E-state index contributed by atoms with van der Waals surface area (Å²) in [6, 6.07) is 10.9. The first-order valence-electron chi connectivity index (χ1n) is 8.32. The van der Waals surface area contributed by atoms with E-state index in [4.69, 9.17) is 0 Å². The summed E-state index contributed by atoms with van der Waals surface area (Å²) in [4.78, 5) is 4.10. The normalized spacial score (nSPS) is 14.9. The number of benzene rings is 1. The van der Waals surface area contributed by atoms with E-state index in [1.807, 2.05) is 12.1 Å². The van der Waals surface area contributed by atoms with Crippen molar-refractivity contribution in [1.82, 2.24) is 15.2 Å². The summed E-state index contributed by atoms with van der Waals surface area (Å²) in [7, 11) is 0. The molecule has 1 saturated carbocycles. The molecule has 1 fully saturated rings. The summed E-state index contributed by atoms with van der Waals surface area (Å²) in [5.41, 5.74) is 3.85. The van der Waals surface area contributed by atoms with Crippen LogP contribution in [0.4, 0.5) is 10.2 Å². The fourth-order valence-corrected chi connectivity index (χ4v) is 3.34. The Bertz CT molecular complexity index is 805. The molecule has 0 radical (unpaired) electrons. The molecule has 3 aromatic rings. The highest BCUT2D eigenvalue weighted by molar-refractivity contribution is 5.88. The number of hydrogen-bond donors (Lipinski definition) is 2. The fourth-order valence-electron chi connectivity index (χ4n) is 3.34. The summed E-state index contributed by atoms with van der Waals surface area (Å²) in [5, 5.41) is 11.2. The molecule has 4 nitrogen and oxygen atoms in total. The van der Waals surface area contributed by atoms with E-state index >= 15 is 0 Å². The molecule has 24 heavy (non-hydrogen) atoms. The molecule has 0 amide bonds. The molecule has 0 bridgehead atoms. The van der Waals surface area contributed by atoms with E-state index in [1.54, 1.807) is 24.5 Å². The van der Waals surface area contributed by atoms with E-state index in [2.05, 4.69) is 20.5 Å². The van der Waals surface area contributed by atoms with Crippen LogP contribution in [0.25, 0.3) is 22.4 Å². The maximum atomic E-state index is 13.3. The zero-order valence-corrected chi connectivity index (χ0v) is 13.3. The Labute approximate surface area is 140 Å². The fraction of sp³-hybridized carbons (Fsp3) is 0.263. The first kappa shape index (κ1) is 14.9. The molecule has 2 N–H and O–H groups in total. The van der Waals surface area contributed by atoms with E-state index in [0.717, 1.165) is 28.2 Å². The van der Waals surface area contributed by atoms with E-state index < -0.39 is 0 Å². The average molecular weight is 322 g/mol. The number of rotatable bonds is 4. The Kier molecular flexibility index (Phi) is 3.99. The van der Waals surface area contributed by atoms with Crippen LogP contribution in [0.15, 0.2) is 48.8 Å². The zero-order valence-electron chi connectivity index (χ0n) is 13.3. The van der Waals surface area contributed by atoms with Crippen molar-refractivity contribution >= 4 is 5.82 Å². The summed E-state index contributed by atoms with van der Waals surface area (Å²) in [5.74, 6) is 0.612. The largest absolute Gasteiger partial charge is 0.365 e. The van der Waals surface area contributed by atoms with Crippen molar-refractivity contribution in [1.29, 1.82) is 0 Å². The van der Waals surface area contributed by atoms with Crippen LogP contribution in [0.3, 0.4) is 0 Å². The minimum Gasteiger partial charge on any atom is -0.365 e. The monoisotopic (exact) mass is 322 g/mol. The predicted molar refractivity (Wildman–Crippen MR) is 93.1 cm³/mol. The number of aromatic nitrogens is 3. The summed E-state index contributed by atoms with van der Waals surface area (Å²) < 4.78 is 13.3. The smallest absolute Gasteiger partial charge is 0.156 e. The van der Waals surface area contributed by atoms with Gasteiger partial charge in [0, 0.05) is 24.0 Å². The number of nitrogens with zero attached hydrogens (tertiary/aromatic N) is 2. The third-order valence-corrected chi connectivity index (χ3v) is 4.56. The number of H-pyrrole nitrogens is 1. The van der Waals surface area contributed by atoms with Crippen LogP contribution < -0.4 is 5.32 Å². The van der Waals surface area contributed by atoms with Crippen LogP contribution in [0.1, 0.15) is 25.7 Å². The summed E-state index contributed by atoms with van der Waals surface area (Å²) in [6.45, 7) is 0. The lowest BCUT2D eigenvalue weighted by Gasteiger charge is -2.13. The van der Waals surface area contributed by atoms with Gasteiger partial charge < -0.3 is 5.32 Å². The van der Waals surface area contributed by atoms with E-state index in [9.17, 15) is 4.39 Å². The molecule has 5 heteroatoms. The van der Waals surface area contributed by atoms with Gasteiger partial charge in [-0.2, -0.15) is 5.10 Å². The van der Waals surface area contributed by atoms with Crippen molar-refractivity contribution in [2.24, 2.45) is 0 Å². The number of anilines is 1. The molecular formula is C19H19FN4. The molecule has 2 aromatic heterocycles. The molecule has 2 heterocycles. The highest BCUT2D eigenvalue weighted by atomic mass is 19.1. The Morgan fingerprint density at radius 2 is 1.67 bits per heavy atom. The van der Waals surface area contributed by atoms with Gasteiger partial charge in [-0.15, -0.1) is 0 Å². The van der Waals surface area contributed by atoms with Crippen LogP contribution in [0.2, 0.25) is 0 Å². The van der Waals surface area contributed by atoms with Crippen molar-refractivity contribution in [3.05, 3.63) is 54.6 Å². The first-order chi connectivity index (χ1) is 11.8. The molecule has 1 aliphatic rings. The number of nitrogens with one attached hydrogen (secondary N) is 2. The third kappa shape index (κ3) is 2.89. The van der Waals surface area contributed by atoms with Gasteiger partial charge in [-0.1, -0.05) is 12.8 Å². The SMILES string of the molecule is Fc1ccc(-c2[nH]nc(NC3CCCC3)c2-c2ccncc2)cc1. The molecule has 122 valence electrons. The van der Waals surface area contributed by atoms with Crippen molar-refractivity contribution in [3.63, 3.8) is 0 Å². The number of pyridine rings is 1. The maximum absolute atomic E-state index is 13.3. The lowest BCUT2D eigenvalue weighted by molar-refractivity contribution is 0.628. The van der Waals surface area contributed by atoms with Gasteiger partial charge in [0.2, 0.25) is 0 Å². The molecule has 0 aliphatic heterocycles. The molecular weight excluding hydrogens is 303 g/mol. The van der Waals surface area contributed by atoms with Crippen molar-refractivity contribution in [3.8, 4) is 22.4 Å². The zero-order chi connectivity index (χ0) is 16.4. The number of hydrogen-bond acceptors (Lipinski definition) is 3. The highest BCUT2D eigenvalue weighted by Crippen LogP contribution is 2.37. The minimum atomic E-state index is -0.243. The van der Waals surface area contributed by atoms with E-state index in [0.29, 0.717) is 6.04 Å². The van der Waals surface area contributed by atoms with Crippen LogP contribution >= 0.6 is 0 Å². The second kappa shape index (κ2) is 6.43. The molecule has 1 aliphatic carbocycles. The van der Waals surface area contributed by atoms with Crippen LogP contribution in [-0.4, -0.2) is 21.2 Å². The molecule has 0 spiro atoms. The van der Waals surface area contributed by atoms with Gasteiger partial charge >= 0.3 is 0 Å². The molecule has 0 atom stereocenters. The van der Waals surface area contributed by atoms with Gasteiger partial charge in [0.1, 0.15) is 5.82 Å². The highest BCUT2D eigenvalue weighted by Gasteiger charge is 2.21. The number of aromatic amines is 1. The molecule has 4 rings (SSSR count). The van der Waals surface area contributed by atoms with Crippen molar-refractivity contribution in [2.75, 3.05) is 5.32 Å². The molecule has 0 unspecified atom stereocenters. The third-order valence-electron chi connectivity index (χ3n) is 4.56. The van der Waals surface area contributed by atoms with Gasteiger partial charge in [-0.3, -0.25) is 10.1 Å².